The van der Waals surface area contributed by atoms with Crippen molar-refractivity contribution in [3.8, 4) is 11.5 Å². The van der Waals surface area contributed by atoms with E-state index in [-0.39, 0.29) is 5.38 Å². The van der Waals surface area contributed by atoms with Crippen molar-refractivity contribution in [2.45, 2.75) is 50.8 Å². The Kier molecular flexibility index (Phi) is 7.73. The van der Waals surface area contributed by atoms with Gasteiger partial charge in [-0.25, -0.2) is 0 Å². The molecule has 3 heteroatoms. The second-order valence-corrected chi connectivity index (χ2v) is 5.31. The first-order valence-electron chi connectivity index (χ1n) is 7.09. The van der Waals surface area contributed by atoms with Gasteiger partial charge in [-0.15, -0.1) is 11.6 Å². The minimum absolute atomic E-state index is 0.0569. The zero-order valence-corrected chi connectivity index (χ0v) is 13.0. The molecule has 0 N–H and O–H groups in total. The fourth-order valence-electron chi connectivity index (χ4n) is 2.14. The molecule has 0 aliphatic rings. The molecule has 1 unspecified atom stereocenters. The largest absolute Gasteiger partial charge is 0.493 e. The summed E-state index contributed by atoms with van der Waals surface area (Å²) in [7, 11) is 3.29. The van der Waals surface area contributed by atoms with Gasteiger partial charge in [-0.05, 0) is 24.1 Å². The van der Waals surface area contributed by atoms with E-state index in [0.717, 1.165) is 23.5 Å². The lowest BCUT2D eigenvalue weighted by molar-refractivity contribution is 0.354. The van der Waals surface area contributed by atoms with Crippen molar-refractivity contribution >= 4 is 11.6 Å². The number of hydrogen-bond acceptors (Lipinski definition) is 2. The summed E-state index contributed by atoms with van der Waals surface area (Å²) < 4.78 is 10.5. The van der Waals surface area contributed by atoms with E-state index >= 15 is 0 Å². The summed E-state index contributed by atoms with van der Waals surface area (Å²) in [5.41, 5.74) is 1.11. The van der Waals surface area contributed by atoms with E-state index in [1.807, 2.05) is 18.2 Å². The summed E-state index contributed by atoms with van der Waals surface area (Å²) >= 11 is 6.45. The van der Waals surface area contributed by atoms with Crippen molar-refractivity contribution in [1.82, 2.24) is 0 Å². The van der Waals surface area contributed by atoms with Crippen LogP contribution in [0, 0.1) is 0 Å². The molecule has 0 spiro atoms. The summed E-state index contributed by atoms with van der Waals surface area (Å²) in [6.45, 7) is 2.23. The Morgan fingerprint density at radius 2 is 1.68 bits per heavy atom. The number of ether oxygens (including phenoxy) is 2. The molecule has 108 valence electrons. The molecule has 1 aromatic carbocycles. The third kappa shape index (κ3) is 5.32. The normalized spacial score (nSPS) is 12.2. The van der Waals surface area contributed by atoms with Crippen LogP contribution in [-0.4, -0.2) is 14.2 Å². The number of alkyl halides is 1. The van der Waals surface area contributed by atoms with Crippen LogP contribution in [0.5, 0.6) is 11.5 Å². The van der Waals surface area contributed by atoms with Crippen molar-refractivity contribution in [2.75, 3.05) is 14.2 Å². The Balaban J connectivity index is 2.49. The van der Waals surface area contributed by atoms with Crippen LogP contribution in [0.15, 0.2) is 18.2 Å². The molecule has 1 aromatic rings. The van der Waals surface area contributed by atoms with Gasteiger partial charge in [0.25, 0.3) is 0 Å². The Bertz CT molecular complexity index is 366. The number of unbranched alkanes of at least 4 members (excludes halogenated alkanes) is 4. The molecule has 0 bridgehead atoms. The van der Waals surface area contributed by atoms with Crippen molar-refractivity contribution in [2.24, 2.45) is 0 Å². The molecule has 0 aliphatic heterocycles. The van der Waals surface area contributed by atoms with Gasteiger partial charge in [0.05, 0.1) is 19.6 Å². The minimum atomic E-state index is 0.0569. The maximum atomic E-state index is 6.45. The second-order valence-electron chi connectivity index (χ2n) is 4.78. The summed E-state index contributed by atoms with van der Waals surface area (Å²) in [5, 5.41) is 0.0569. The lowest BCUT2D eigenvalue weighted by Gasteiger charge is -2.13. The maximum Gasteiger partial charge on any atom is 0.161 e. The molecule has 0 aliphatic carbocycles. The number of halogens is 1. The molecule has 1 atom stereocenters. The molecule has 0 radical (unpaired) electrons. The van der Waals surface area contributed by atoms with E-state index in [9.17, 15) is 0 Å². The summed E-state index contributed by atoms with van der Waals surface area (Å²) in [4.78, 5) is 0. The first kappa shape index (κ1) is 16.2. The van der Waals surface area contributed by atoms with Crippen LogP contribution in [0.2, 0.25) is 0 Å². The van der Waals surface area contributed by atoms with Crippen molar-refractivity contribution in [3.63, 3.8) is 0 Å². The van der Waals surface area contributed by atoms with E-state index in [1.165, 1.54) is 32.1 Å². The lowest BCUT2D eigenvalue weighted by atomic mass is 10.0. The molecular formula is C16H25ClO2. The summed E-state index contributed by atoms with van der Waals surface area (Å²) in [5.74, 6) is 1.50. The Morgan fingerprint density at radius 1 is 1.00 bits per heavy atom. The fourth-order valence-corrected chi connectivity index (χ4v) is 2.43. The second kappa shape index (κ2) is 9.08. The molecule has 0 fully saturated rings. The van der Waals surface area contributed by atoms with Crippen LogP contribution >= 0.6 is 11.6 Å². The zero-order valence-electron chi connectivity index (χ0n) is 12.2. The highest BCUT2D eigenvalue weighted by Crippen LogP contribution is 2.34. The first-order chi connectivity index (χ1) is 9.22. The van der Waals surface area contributed by atoms with Crippen molar-refractivity contribution < 1.29 is 9.47 Å². The number of rotatable bonds is 9. The van der Waals surface area contributed by atoms with Crippen LogP contribution in [0.3, 0.4) is 0 Å². The van der Waals surface area contributed by atoms with E-state index in [0.29, 0.717) is 0 Å². The van der Waals surface area contributed by atoms with E-state index in [4.69, 9.17) is 21.1 Å². The van der Waals surface area contributed by atoms with Crippen molar-refractivity contribution in [1.29, 1.82) is 0 Å². The van der Waals surface area contributed by atoms with Gasteiger partial charge in [0, 0.05) is 0 Å². The predicted molar refractivity (Wildman–Crippen MR) is 81.5 cm³/mol. The summed E-state index contributed by atoms with van der Waals surface area (Å²) in [6.07, 6.45) is 7.38. The maximum absolute atomic E-state index is 6.45. The molecule has 0 heterocycles. The third-order valence-corrected chi connectivity index (χ3v) is 3.80. The Hall–Kier alpha value is -0.890. The van der Waals surface area contributed by atoms with Gasteiger partial charge in [0.1, 0.15) is 0 Å². The van der Waals surface area contributed by atoms with Crippen LogP contribution in [0.25, 0.3) is 0 Å². The van der Waals surface area contributed by atoms with Gasteiger partial charge in [0.15, 0.2) is 11.5 Å². The molecule has 19 heavy (non-hydrogen) atoms. The highest BCUT2D eigenvalue weighted by atomic mass is 35.5. The number of methoxy groups -OCH3 is 2. The third-order valence-electron chi connectivity index (χ3n) is 3.33. The van der Waals surface area contributed by atoms with Crippen LogP contribution < -0.4 is 9.47 Å². The van der Waals surface area contributed by atoms with Crippen LogP contribution in [0.1, 0.15) is 56.4 Å². The van der Waals surface area contributed by atoms with E-state index in [1.54, 1.807) is 14.2 Å². The Labute approximate surface area is 122 Å². The van der Waals surface area contributed by atoms with Crippen LogP contribution in [-0.2, 0) is 0 Å². The monoisotopic (exact) mass is 284 g/mol. The van der Waals surface area contributed by atoms with Gasteiger partial charge >= 0.3 is 0 Å². The number of hydrogen-bond donors (Lipinski definition) is 0. The quantitative estimate of drug-likeness (QED) is 0.450. The lowest BCUT2D eigenvalue weighted by Crippen LogP contribution is -1.95. The topological polar surface area (TPSA) is 18.5 Å². The smallest absolute Gasteiger partial charge is 0.161 e. The van der Waals surface area contributed by atoms with E-state index < -0.39 is 0 Å². The van der Waals surface area contributed by atoms with E-state index in [2.05, 4.69) is 6.92 Å². The van der Waals surface area contributed by atoms with Crippen molar-refractivity contribution in [3.05, 3.63) is 23.8 Å². The van der Waals surface area contributed by atoms with Gasteiger partial charge in [-0.1, -0.05) is 45.1 Å². The van der Waals surface area contributed by atoms with Gasteiger partial charge in [0.2, 0.25) is 0 Å². The SMILES string of the molecule is CCCCCCCC(Cl)c1ccc(OC)c(OC)c1. The molecule has 0 amide bonds. The molecular weight excluding hydrogens is 260 g/mol. The predicted octanol–water partition coefficient (Wildman–Crippen LogP) is 5.34. The Morgan fingerprint density at radius 3 is 2.32 bits per heavy atom. The summed E-state index contributed by atoms with van der Waals surface area (Å²) in [6, 6.07) is 5.91. The first-order valence-corrected chi connectivity index (χ1v) is 7.52. The molecule has 1 rings (SSSR count). The molecule has 2 nitrogen and oxygen atoms in total. The molecule has 0 saturated carbocycles. The van der Waals surface area contributed by atoms with Gasteiger partial charge in [-0.3, -0.25) is 0 Å². The zero-order chi connectivity index (χ0) is 14.1. The van der Waals surface area contributed by atoms with Crippen LogP contribution in [0.4, 0.5) is 0 Å². The van der Waals surface area contributed by atoms with Gasteiger partial charge < -0.3 is 9.47 Å². The minimum Gasteiger partial charge on any atom is -0.493 e. The number of benzene rings is 1. The highest BCUT2D eigenvalue weighted by molar-refractivity contribution is 6.20. The van der Waals surface area contributed by atoms with Gasteiger partial charge in [-0.2, -0.15) is 0 Å². The molecule has 0 saturated heterocycles. The average Bonchev–Trinajstić information content (AvgIpc) is 2.46. The standard InChI is InChI=1S/C16H25ClO2/c1-4-5-6-7-8-9-14(17)13-10-11-15(18-2)16(12-13)19-3/h10-12,14H,4-9H2,1-3H3. The average molecular weight is 285 g/mol. The molecule has 0 aromatic heterocycles. The highest BCUT2D eigenvalue weighted by Gasteiger charge is 2.11. The fraction of sp³-hybridized carbons (Fsp3) is 0.625.